The van der Waals surface area contributed by atoms with Crippen molar-refractivity contribution in [3.63, 3.8) is 0 Å². The molecule has 144 valence electrons. The minimum Gasteiger partial charge on any atom is -0.534 e. The Morgan fingerprint density at radius 2 is 2.07 bits per heavy atom. The molecule has 0 saturated heterocycles. The first kappa shape index (κ1) is 19.0. The molecule has 1 saturated carbocycles. The molecule has 0 spiro atoms. The summed E-state index contributed by atoms with van der Waals surface area (Å²) in [4.78, 5) is 35.1. The molecular formula is C17H20BNO8. The van der Waals surface area contributed by atoms with E-state index in [1.54, 1.807) is 19.1 Å². The van der Waals surface area contributed by atoms with Crippen LogP contribution in [-0.4, -0.2) is 49.0 Å². The number of hydrogen-bond donors (Lipinski definition) is 2. The molecule has 1 aromatic rings. The maximum atomic E-state index is 12.3. The van der Waals surface area contributed by atoms with Crippen LogP contribution in [-0.2, 0) is 25.4 Å². The van der Waals surface area contributed by atoms with Crippen molar-refractivity contribution in [1.82, 2.24) is 5.32 Å². The number of esters is 1. The Labute approximate surface area is 156 Å². The van der Waals surface area contributed by atoms with Crippen molar-refractivity contribution < 1.29 is 38.3 Å². The summed E-state index contributed by atoms with van der Waals surface area (Å²) >= 11 is 0. The van der Waals surface area contributed by atoms with Gasteiger partial charge in [-0.05, 0) is 30.9 Å². The molecule has 0 bridgehead atoms. The summed E-state index contributed by atoms with van der Waals surface area (Å²) in [5.74, 6) is -1.42. The minimum atomic E-state index is -1.30. The van der Waals surface area contributed by atoms with Gasteiger partial charge in [0.15, 0.2) is 0 Å². The van der Waals surface area contributed by atoms with E-state index in [9.17, 15) is 19.4 Å². The molecule has 10 heteroatoms. The fourth-order valence-electron chi connectivity index (χ4n) is 2.58. The predicted molar refractivity (Wildman–Crippen MR) is 91.8 cm³/mol. The molecule has 1 aromatic carbocycles. The van der Waals surface area contributed by atoms with Crippen LogP contribution in [0.4, 0.5) is 4.79 Å². The second kappa shape index (κ2) is 8.30. The van der Waals surface area contributed by atoms with E-state index in [1.165, 1.54) is 6.07 Å². The number of carbonyl (C=O) groups is 3. The van der Waals surface area contributed by atoms with Crippen molar-refractivity contribution in [2.45, 2.75) is 44.7 Å². The first-order valence-corrected chi connectivity index (χ1v) is 8.74. The average Bonchev–Trinajstić information content (AvgIpc) is 3.45. The summed E-state index contributed by atoms with van der Waals surface area (Å²) in [6.07, 6.45) is 1.21. The third-order valence-corrected chi connectivity index (χ3v) is 4.16. The van der Waals surface area contributed by atoms with E-state index < -0.39 is 32.0 Å². The smallest absolute Gasteiger partial charge is 0.534 e. The predicted octanol–water partition coefficient (Wildman–Crippen LogP) is 0.966. The average molecular weight is 377 g/mol. The molecule has 1 aliphatic heterocycles. The lowest BCUT2D eigenvalue weighted by atomic mass is 9.72. The number of nitrogens with one attached hydrogen (secondary N) is 1. The Morgan fingerprint density at radius 3 is 2.78 bits per heavy atom. The van der Waals surface area contributed by atoms with E-state index in [-0.39, 0.29) is 29.7 Å². The van der Waals surface area contributed by atoms with Crippen molar-refractivity contribution in [3.05, 3.63) is 29.3 Å². The maximum absolute atomic E-state index is 12.3. The minimum absolute atomic E-state index is 0.0889. The number of hydrogen-bond acceptors (Lipinski definition) is 8. The topological polar surface area (TPSA) is 120 Å². The summed E-state index contributed by atoms with van der Waals surface area (Å²) < 4.78 is 19.9. The van der Waals surface area contributed by atoms with Gasteiger partial charge in [0.05, 0.1) is 5.94 Å². The van der Waals surface area contributed by atoms with Gasteiger partial charge in [-0.25, -0.2) is 9.59 Å². The van der Waals surface area contributed by atoms with Crippen LogP contribution in [0.3, 0.4) is 0 Å². The highest BCUT2D eigenvalue weighted by atomic mass is 16.8. The number of para-hydroxylation sites is 1. The van der Waals surface area contributed by atoms with Gasteiger partial charge < -0.3 is 29.2 Å². The van der Waals surface area contributed by atoms with Gasteiger partial charge in [0.2, 0.25) is 12.7 Å². The van der Waals surface area contributed by atoms with Crippen LogP contribution >= 0.6 is 0 Å². The van der Waals surface area contributed by atoms with E-state index in [4.69, 9.17) is 14.1 Å². The van der Waals surface area contributed by atoms with E-state index in [0.717, 1.165) is 12.8 Å². The zero-order chi connectivity index (χ0) is 19.4. The Hall–Kier alpha value is -2.75. The van der Waals surface area contributed by atoms with Crippen molar-refractivity contribution >= 4 is 25.2 Å². The Kier molecular flexibility index (Phi) is 5.85. The van der Waals surface area contributed by atoms with E-state index in [1.807, 2.05) is 0 Å². The van der Waals surface area contributed by atoms with Crippen LogP contribution < -0.4 is 9.97 Å². The van der Waals surface area contributed by atoms with Crippen LogP contribution in [0, 0.1) is 0 Å². The second-order valence-corrected chi connectivity index (χ2v) is 6.30. The number of rotatable bonds is 6. The van der Waals surface area contributed by atoms with Crippen LogP contribution in [0.25, 0.3) is 0 Å². The fourth-order valence-corrected chi connectivity index (χ4v) is 2.58. The standard InChI is InChI=1S/C17H20BNO8/c1-2-14(20)19-13-8-10-4-3-5-12(15(10)27-18(13)23)16(21)24-9-25-17(22)26-11-6-7-11/h3-5,11,13,23H,2,6-9H2,1H3,(H,19,20). The molecule has 1 fully saturated rings. The van der Waals surface area contributed by atoms with Gasteiger partial charge in [0.25, 0.3) is 0 Å². The van der Waals surface area contributed by atoms with Gasteiger partial charge in [-0.15, -0.1) is 0 Å². The number of carbonyl (C=O) groups excluding carboxylic acids is 3. The summed E-state index contributed by atoms with van der Waals surface area (Å²) in [6.45, 7) is 1.11. The molecule has 1 atom stereocenters. The maximum Gasteiger partial charge on any atom is 0.547 e. The van der Waals surface area contributed by atoms with Gasteiger partial charge in [-0.2, -0.15) is 0 Å². The third-order valence-electron chi connectivity index (χ3n) is 4.16. The first-order chi connectivity index (χ1) is 13.0. The molecule has 27 heavy (non-hydrogen) atoms. The van der Waals surface area contributed by atoms with Gasteiger partial charge in [-0.3, -0.25) is 4.79 Å². The van der Waals surface area contributed by atoms with Crippen LogP contribution in [0.2, 0.25) is 0 Å². The van der Waals surface area contributed by atoms with Crippen LogP contribution in [0.15, 0.2) is 18.2 Å². The zero-order valence-electron chi connectivity index (χ0n) is 14.8. The largest absolute Gasteiger partial charge is 0.547 e. The molecular weight excluding hydrogens is 357 g/mol. The molecule has 2 aliphatic rings. The van der Waals surface area contributed by atoms with E-state index in [0.29, 0.717) is 12.0 Å². The number of benzene rings is 1. The normalized spacial score (nSPS) is 18.0. The summed E-state index contributed by atoms with van der Waals surface area (Å²) in [6, 6.07) is 4.84. The van der Waals surface area contributed by atoms with E-state index in [2.05, 4.69) is 10.1 Å². The quantitative estimate of drug-likeness (QED) is 0.427. The monoisotopic (exact) mass is 377 g/mol. The van der Waals surface area contributed by atoms with Gasteiger partial charge in [0, 0.05) is 6.42 Å². The fraction of sp³-hybridized carbons (Fsp3) is 0.471. The molecule has 3 rings (SSSR count). The van der Waals surface area contributed by atoms with Gasteiger partial charge in [-0.1, -0.05) is 19.1 Å². The lowest BCUT2D eigenvalue weighted by Crippen LogP contribution is -2.53. The molecule has 1 heterocycles. The number of fused-ring (bicyclic) bond motifs is 1. The van der Waals surface area contributed by atoms with Crippen molar-refractivity contribution in [2.24, 2.45) is 0 Å². The van der Waals surface area contributed by atoms with Gasteiger partial charge >= 0.3 is 19.2 Å². The Bertz CT molecular complexity index is 736. The van der Waals surface area contributed by atoms with Crippen LogP contribution in [0.5, 0.6) is 5.75 Å². The molecule has 1 aliphatic carbocycles. The zero-order valence-corrected chi connectivity index (χ0v) is 14.8. The van der Waals surface area contributed by atoms with Crippen LogP contribution in [0.1, 0.15) is 42.1 Å². The molecule has 2 N–H and O–H groups in total. The highest BCUT2D eigenvalue weighted by molar-refractivity contribution is 6.47. The van der Waals surface area contributed by atoms with Gasteiger partial charge in [0.1, 0.15) is 17.4 Å². The summed E-state index contributed by atoms with van der Waals surface area (Å²) in [5.41, 5.74) is 0.733. The molecule has 1 unspecified atom stereocenters. The third kappa shape index (κ3) is 4.91. The summed E-state index contributed by atoms with van der Waals surface area (Å²) in [5, 5.41) is 12.8. The van der Waals surface area contributed by atoms with E-state index >= 15 is 0 Å². The second-order valence-electron chi connectivity index (χ2n) is 6.30. The Balaban J connectivity index is 1.60. The Morgan fingerprint density at radius 1 is 1.30 bits per heavy atom. The number of amides is 1. The highest BCUT2D eigenvalue weighted by Gasteiger charge is 2.37. The lowest BCUT2D eigenvalue weighted by molar-refractivity contribution is -0.121. The molecule has 1 amide bonds. The van der Waals surface area contributed by atoms with Crippen molar-refractivity contribution in [2.75, 3.05) is 6.79 Å². The van der Waals surface area contributed by atoms with Crippen molar-refractivity contribution in [1.29, 1.82) is 0 Å². The van der Waals surface area contributed by atoms with Crippen molar-refractivity contribution in [3.8, 4) is 5.75 Å². The molecule has 0 radical (unpaired) electrons. The highest BCUT2D eigenvalue weighted by Crippen LogP contribution is 2.30. The first-order valence-electron chi connectivity index (χ1n) is 8.74. The SMILES string of the molecule is CCC(=O)NC1Cc2cccc(C(=O)OCOC(=O)OC3CC3)c2OB1O. The summed E-state index contributed by atoms with van der Waals surface area (Å²) in [7, 11) is -1.30. The molecule has 0 aromatic heterocycles. The number of ether oxygens (including phenoxy) is 3. The molecule has 9 nitrogen and oxygen atoms in total. The lowest BCUT2D eigenvalue weighted by Gasteiger charge is -2.29.